The number of carbonyl (C=O) groups excluding carboxylic acids is 1. The number of anilines is 1. The van der Waals surface area contributed by atoms with E-state index in [1.54, 1.807) is 33.9 Å². The van der Waals surface area contributed by atoms with Crippen molar-refractivity contribution in [3.05, 3.63) is 66.2 Å². The maximum absolute atomic E-state index is 13.3. The highest BCUT2D eigenvalue weighted by atomic mass is 19.1. The van der Waals surface area contributed by atoms with Crippen molar-refractivity contribution < 1.29 is 18.7 Å². The highest BCUT2D eigenvalue weighted by Gasteiger charge is 2.24. The van der Waals surface area contributed by atoms with E-state index in [9.17, 15) is 9.18 Å². The van der Waals surface area contributed by atoms with Gasteiger partial charge in [-0.3, -0.25) is 4.79 Å². The number of nitrogens with zero attached hydrogens (tertiary/aromatic N) is 7. The van der Waals surface area contributed by atoms with Crippen LogP contribution < -0.4 is 14.4 Å². The van der Waals surface area contributed by atoms with Gasteiger partial charge in [0.1, 0.15) is 12.1 Å². The number of fused-ring (bicyclic) bond motifs is 2. The van der Waals surface area contributed by atoms with E-state index in [0.717, 1.165) is 5.56 Å². The van der Waals surface area contributed by atoms with Gasteiger partial charge in [0.05, 0.1) is 5.69 Å². The number of benzene rings is 2. The van der Waals surface area contributed by atoms with Crippen LogP contribution >= 0.6 is 0 Å². The lowest BCUT2D eigenvalue weighted by molar-refractivity contribution is -0.126. The van der Waals surface area contributed by atoms with E-state index < -0.39 is 0 Å². The molecular weight excluding hydrogens is 453 g/mol. The second-order valence-corrected chi connectivity index (χ2v) is 8.11. The second-order valence-electron chi connectivity index (χ2n) is 8.11. The summed E-state index contributed by atoms with van der Waals surface area (Å²) in [5, 5.41) is 8.47. The van der Waals surface area contributed by atoms with Crippen LogP contribution in [0.5, 0.6) is 11.5 Å². The number of rotatable bonds is 4. The average Bonchev–Trinajstić information content (AvgIpc) is 3.55. The van der Waals surface area contributed by atoms with Crippen molar-refractivity contribution in [1.29, 1.82) is 0 Å². The molecule has 4 aromatic rings. The molecule has 0 unspecified atom stereocenters. The lowest BCUT2D eigenvalue weighted by Crippen LogP contribution is -2.48. The van der Waals surface area contributed by atoms with Crippen LogP contribution in [0.1, 0.15) is 5.56 Å². The quantitative estimate of drug-likeness (QED) is 0.417. The first-order chi connectivity index (χ1) is 17.2. The predicted molar refractivity (Wildman–Crippen MR) is 125 cm³/mol. The highest BCUT2D eigenvalue weighted by Crippen LogP contribution is 2.32. The molecule has 0 atom stereocenters. The summed E-state index contributed by atoms with van der Waals surface area (Å²) in [7, 11) is 0. The SMILES string of the molecule is O=C(/C=C\c1ccc2c(c1)OCO2)N1CCN(c2ncnc3c2nnn3-c2ccc(F)cc2)CC1. The third-order valence-electron chi connectivity index (χ3n) is 6.00. The van der Waals surface area contributed by atoms with Crippen LogP contribution in [0.4, 0.5) is 10.2 Å². The first kappa shape index (κ1) is 21.0. The van der Waals surface area contributed by atoms with E-state index in [4.69, 9.17) is 9.47 Å². The van der Waals surface area contributed by atoms with Gasteiger partial charge in [-0.25, -0.2) is 14.4 Å². The molecule has 10 nitrogen and oxygen atoms in total. The molecule has 0 aliphatic carbocycles. The van der Waals surface area contributed by atoms with Gasteiger partial charge in [0, 0.05) is 32.3 Å². The minimum absolute atomic E-state index is 0.0580. The van der Waals surface area contributed by atoms with Crippen molar-refractivity contribution in [2.75, 3.05) is 37.9 Å². The van der Waals surface area contributed by atoms with Crippen molar-refractivity contribution in [2.45, 2.75) is 0 Å². The van der Waals surface area contributed by atoms with Crippen LogP contribution in [-0.2, 0) is 4.79 Å². The maximum Gasteiger partial charge on any atom is 0.246 e. The van der Waals surface area contributed by atoms with Crippen molar-refractivity contribution >= 4 is 29.0 Å². The van der Waals surface area contributed by atoms with Gasteiger partial charge >= 0.3 is 0 Å². The van der Waals surface area contributed by atoms with E-state index in [0.29, 0.717) is 60.3 Å². The number of piperazine rings is 1. The molecule has 0 spiro atoms. The summed E-state index contributed by atoms with van der Waals surface area (Å²) in [6.45, 7) is 2.50. The largest absolute Gasteiger partial charge is 0.454 e. The molecule has 2 aliphatic heterocycles. The van der Waals surface area contributed by atoms with Crippen LogP contribution in [0.2, 0.25) is 0 Å². The molecule has 1 saturated heterocycles. The minimum atomic E-state index is -0.327. The molecule has 2 aromatic heterocycles. The number of hydrogen-bond donors (Lipinski definition) is 0. The number of hydrogen-bond acceptors (Lipinski definition) is 8. The van der Waals surface area contributed by atoms with Gasteiger partial charge in [-0.15, -0.1) is 5.10 Å². The van der Waals surface area contributed by atoms with Crippen molar-refractivity contribution in [3.63, 3.8) is 0 Å². The lowest BCUT2D eigenvalue weighted by Gasteiger charge is -2.34. The molecule has 1 fully saturated rings. The minimum Gasteiger partial charge on any atom is -0.454 e. The van der Waals surface area contributed by atoms with Gasteiger partial charge < -0.3 is 19.3 Å². The topological polar surface area (TPSA) is 98.5 Å². The molecule has 0 radical (unpaired) electrons. The molecule has 35 heavy (non-hydrogen) atoms. The van der Waals surface area contributed by atoms with Crippen LogP contribution in [0.25, 0.3) is 22.9 Å². The second kappa shape index (κ2) is 8.67. The zero-order chi connectivity index (χ0) is 23.8. The van der Waals surface area contributed by atoms with Gasteiger partial charge in [-0.05, 0) is 48.0 Å². The van der Waals surface area contributed by atoms with E-state index in [1.165, 1.54) is 18.5 Å². The molecule has 4 heterocycles. The molecule has 1 amide bonds. The fourth-order valence-corrected chi connectivity index (χ4v) is 4.15. The van der Waals surface area contributed by atoms with Crippen molar-refractivity contribution in [1.82, 2.24) is 29.9 Å². The Bertz CT molecular complexity index is 1430. The standard InChI is InChI=1S/C24H20FN7O3/c25-17-3-5-18(6-4-17)32-24-22(28-29-32)23(26-14-27-24)31-11-9-30(10-12-31)21(33)8-2-16-1-7-19-20(13-16)35-15-34-19/h1-8,13-14H,9-12,15H2/b8-2-. The van der Waals surface area contributed by atoms with E-state index >= 15 is 0 Å². The molecule has 2 aliphatic rings. The van der Waals surface area contributed by atoms with Crippen molar-refractivity contribution in [2.24, 2.45) is 0 Å². The summed E-state index contributed by atoms with van der Waals surface area (Å²) >= 11 is 0. The first-order valence-corrected chi connectivity index (χ1v) is 11.1. The van der Waals surface area contributed by atoms with E-state index in [2.05, 4.69) is 25.2 Å². The van der Waals surface area contributed by atoms with Gasteiger partial charge in [0.25, 0.3) is 0 Å². The normalized spacial score (nSPS) is 15.3. The summed E-state index contributed by atoms with van der Waals surface area (Å²) in [5.41, 5.74) is 2.61. The molecule has 11 heteroatoms. The summed E-state index contributed by atoms with van der Waals surface area (Å²) in [6, 6.07) is 11.5. The van der Waals surface area contributed by atoms with Gasteiger partial charge in [-0.1, -0.05) is 11.3 Å². The smallest absolute Gasteiger partial charge is 0.246 e. The zero-order valence-corrected chi connectivity index (χ0v) is 18.5. The van der Waals surface area contributed by atoms with Crippen LogP contribution in [0.15, 0.2) is 54.9 Å². The van der Waals surface area contributed by atoms with Gasteiger partial charge in [-0.2, -0.15) is 4.68 Å². The third kappa shape index (κ3) is 4.01. The fraction of sp³-hybridized carbons (Fsp3) is 0.208. The molecule has 6 rings (SSSR count). The molecule has 0 N–H and O–H groups in total. The Hall–Kier alpha value is -4.54. The summed E-state index contributed by atoms with van der Waals surface area (Å²) in [5.74, 6) is 1.66. The Morgan fingerprint density at radius 1 is 0.971 bits per heavy atom. The molecular formula is C24H20FN7O3. The Labute approximate surface area is 199 Å². The summed E-state index contributed by atoms with van der Waals surface area (Å²) in [4.78, 5) is 25.4. The summed E-state index contributed by atoms with van der Waals surface area (Å²) in [6.07, 6.45) is 4.81. The van der Waals surface area contributed by atoms with Gasteiger partial charge in [0.15, 0.2) is 28.5 Å². The number of ether oxygens (including phenoxy) is 2. The Kier molecular flexibility index (Phi) is 5.21. The van der Waals surface area contributed by atoms with E-state index in [1.807, 2.05) is 18.2 Å². The van der Waals surface area contributed by atoms with Crippen LogP contribution in [0.3, 0.4) is 0 Å². The van der Waals surface area contributed by atoms with E-state index in [-0.39, 0.29) is 18.5 Å². The van der Waals surface area contributed by atoms with Crippen LogP contribution in [-0.4, -0.2) is 68.7 Å². The number of aromatic nitrogens is 5. The fourth-order valence-electron chi connectivity index (χ4n) is 4.15. The molecule has 0 bridgehead atoms. The average molecular weight is 473 g/mol. The third-order valence-corrected chi connectivity index (χ3v) is 6.00. The maximum atomic E-state index is 13.3. The lowest BCUT2D eigenvalue weighted by atomic mass is 10.2. The predicted octanol–water partition coefficient (Wildman–Crippen LogP) is 2.44. The molecule has 176 valence electrons. The van der Waals surface area contributed by atoms with Crippen LogP contribution in [0, 0.1) is 5.82 Å². The Morgan fingerprint density at radius 2 is 1.77 bits per heavy atom. The first-order valence-electron chi connectivity index (χ1n) is 11.1. The Morgan fingerprint density at radius 3 is 2.60 bits per heavy atom. The number of halogens is 1. The highest BCUT2D eigenvalue weighted by molar-refractivity contribution is 5.92. The number of amides is 1. The zero-order valence-electron chi connectivity index (χ0n) is 18.5. The van der Waals surface area contributed by atoms with Gasteiger partial charge in [0.2, 0.25) is 12.7 Å². The Balaban J connectivity index is 1.14. The summed E-state index contributed by atoms with van der Waals surface area (Å²) < 4.78 is 25.6. The van der Waals surface area contributed by atoms with Crippen molar-refractivity contribution in [3.8, 4) is 17.2 Å². The molecule has 2 aromatic carbocycles. The monoisotopic (exact) mass is 473 g/mol. The molecule has 0 saturated carbocycles. The number of carbonyl (C=O) groups is 1.